The lowest BCUT2D eigenvalue weighted by atomic mass is 10.2. The van der Waals surface area contributed by atoms with Crippen LogP contribution in [0.3, 0.4) is 0 Å². The normalized spacial score (nSPS) is 11.3. The summed E-state index contributed by atoms with van der Waals surface area (Å²) >= 11 is 0. The second-order valence-corrected chi connectivity index (χ2v) is 3.77. The largest absolute Gasteiger partial charge is 0.334 e. The lowest BCUT2D eigenvalue weighted by molar-refractivity contribution is 0.249. The third-order valence-electron chi connectivity index (χ3n) is 2.11. The van der Waals surface area contributed by atoms with Gasteiger partial charge in [-0.3, -0.25) is 0 Å². The van der Waals surface area contributed by atoms with Crippen LogP contribution < -0.4 is 10.6 Å². The lowest BCUT2D eigenvalue weighted by Crippen LogP contribution is -2.35. The molecule has 3 nitrogen and oxygen atoms in total. The molecule has 0 fully saturated rings. The summed E-state index contributed by atoms with van der Waals surface area (Å²) in [6.45, 7) is 3.87. The molecule has 0 aromatic heterocycles. The third kappa shape index (κ3) is 4.05. The molecule has 0 radical (unpaired) electrons. The minimum Gasteiger partial charge on any atom is -0.334 e. The Morgan fingerprint density at radius 1 is 1.44 bits per heavy atom. The molecular formula is C13H16N2O. The number of rotatable bonds is 3. The number of urea groups is 1. The van der Waals surface area contributed by atoms with E-state index in [0.29, 0.717) is 6.42 Å². The maximum Gasteiger partial charge on any atom is 0.319 e. The molecule has 16 heavy (non-hydrogen) atoms. The van der Waals surface area contributed by atoms with Crippen LogP contribution in [0.25, 0.3) is 0 Å². The van der Waals surface area contributed by atoms with E-state index in [2.05, 4.69) is 16.6 Å². The molecule has 0 bridgehead atoms. The van der Waals surface area contributed by atoms with E-state index in [-0.39, 0.29) is 12.1 Å². The van der Waals surface area contributed by atoms with Crippen LogP contribution in [0.5, 0.6) is 0 Å². The zero-order valence-corrected chi connectivity index (χ0v) is 9.58. The predicted octanol–water partition coefficient (Wildman–Crippen LogP) is 2.53. The molecule has 0 aliphatic carbocycles. The highest BCUT2D eigenvalue weighted by atomic mass is 16.2. The van der Waals surface area contributed by atoms with Crippen molar-refractivity contribution < 1.29 is 4.79 Å². The first-order chi connectivity index (χ1) is 7.61. The van der Waals surface area contributed by atoms with E-state index in [1.165, 1.54) is 0 Å². The Kier molecular flexibility index (Phi) is 4.41. The molecular weight excluding hydrogens is 200 g/mol. The fraction of sp³-hybridized carbons (Fsp3) is 0.308. The molecule has 2 N–H and O–H groups in total. The van der Waals surface area contributed by atoms with Crippen LogP contribution in [0.1, 0.15) is 18.9 Å². The summed E-state index contributed by atoms with van der Waals surface area (Å²) in [6.07, 6.45) is 5.68. The summed E-state index contributed by atoms with van der Waals surface area (Å²) in [6, 6.07) is 7.37. The minimum absolute atomic E-state index is 0.0181. The Balaban J connectivity index is 2.46. The van der Waals surface area contributed by atoms with Crippen LogP contribution in [0.15, 0.2) is 24.3 Å². The molecule has 84 valence electrons. The standard InChI is InChI=1S/C13H16N2O/c1-4-5-11(3)14-13(16)15-12-8-6-10(2)7-9-12/h1,6-9,11H,5H2,2-3H3,(H2,14,15,16). The zero-order chi connectivity index (χ0) is 12.0. The van der Waals surface area contributed by atoms with E-state index in [9.17, 15) is 4.79 Å². The Labute approximate surface area is 96.2 Å². The van der Waals surface area contributed by atoms with Crippen molar-refractivity contribution in [2.45, 2.75) is 26.3 Å². The Bertz CT molecular complexity index is 389. The highest BCUT2D eigenvalue weighted by molar-refractivity contribution is 5.89. The van der Waals surface area contributed by atoms with Crippen LogP contribution in [0.2, 0.25) is 0 Å². The number of hydrogen-bond acceptors (Lipinski definition) is 1. The number of hydrogen-bond donors (Lipinski definition) is 2. The van der Waals surface area contributed by atoms with Crippen molar-refractivity contribution in [1.82, 2.24) is 5.32 Å². The van der Waals surface area contributed by atoms with Crippen molar-refractivity contribution in [3.05, 3.63) is 29.8 Å². The van der Waals surface area contributed by atoms with E-state index < -0.39 is 0 Å². The summed E-state index contributed by atoms with van der Waals surface area (Å²) in [5, 5.41) is 5.49. The first-order valence-corrected chi connectivity index (χ1v) is 5.19. The molecule has 1 unspecified atom stereocenters. The molecule has 0 saturated heterocycles. The molecule has 0 heterocycles. The quantitative estimate of drug-likeness (QED) is 0.749. The number of anilines is 1. The smallest absolute Gasteiger partial charge is 0.319 e. The highest BCUT2D eigenvalue weighted by Gasteiger charge is 2.05. The molecule has 1 rings (SSSR count). The summed E-state index contributed by atoms with van der Waals surface area (Å²) in [4.78, 5) is 11.5. The summed E-state index contributed by atoms with van der Waals surface area (Å²) in [5.41, 5.74) is 1.93. The lowest BCUT2D eigenvalue weighted by Gasteiger charge is -2.12. The third-order valence-corrected chi connectivity index (χ3v) is 2.11. The van der Waals surface area contributed by atoms with Gasteiger partial charge in [0.2, 0.25) is 0 Å². The van der Waals surface area contributed by atoms with Crippen LogP contribution in [0.4, 0.5) is 10.5 Å². The van der Waals surface area contributed by atoms with E-state index in [4.69, 9.17) is 6.42 Å². The van der Waals surface area contributed by atoms with Gasteiger partial charge in [-0.05, 0) is 26.0 Å². The average Bonchev–Trinajstić information content (AvgIpc) is 2.21. The van der Waals surface area contributed by atoms with E-state index in [0.717, 1.165) is 11.3 Å². The first kappa shape index (κ1) is 12.1. The van der Waals surface area contributed by atoms with Crippen LogP contribution in [-0.2, 0) is 0 Å². The van der Waals surface area contributed by atoms with Crippen molar-refractivity contribution >= 4 is 11.7 Å². The van der Waals surface area contributed by atoms with Crippen molar-refractivity contribution in [2.24, 2.45) is 0 Å². The van der Waals surface area contributed by atoms with Gasteiger partial charge in [-0.2, -0.15) is 0 Å². The van der Waals surface area contributed by atoms with Gasteiger partial charge in [-0.15, -0.1) is 12.3 Å². The molecule has 0 aliphatic heterocycles. The molecule has 0 saturated carbocycles. The molecule has 1 aromatic rings. The van der Waals surface area contributed by atoms with E-state index in [1.807, 2.05) is 38.1 Å². The van der Waals surface area contributed by atoms with Gasteiger partial charge in [0.15, 0.2) is 0 Å². The van der Waals surface area contributed by atoms with Gasteiger partial charge in [0.25, 0.3) is 0 Å². The fourth-order valence-corrected chi connectivity index (χ4v) is 1.26. The van der Waals surface area contributed by atoms with Gasteiger partial charge < -0.3 is 10.6 Å². The van der Waals surface area contributed by atoms with Gasteiger partial charge in [-0.25, -0.2) is 4.79 Å². The Morgan fingerprint density at radius 3 is 2.62 bits per heavy atom. The summed E-state index contributed by atoms with van der Waals surface area (Å²) < 4.78 is 0. The molecule has 2 amide bonds. The van der Waals surface area contributed by atoms with Crippen LogP contribution in [0, 0.1) is 19.3 Å². The van der Waals surface area contributed by atoms with Crippen molar-refractivity contribution in [3.63, 3.8) is 0 Å². The molecule has 0 spiro atoms. The van der Waals surface area contributed by atoms with Crippen molar-refractivity contribution in [2.75, 3.05) is 5.32 Å². The zero-order valence-electron chi connectivity index (χ0n) is 9.58. The number of terminal acetylenes is 1. The van der Waals surface area contributed by atoms with E-state index >= 15 is 0 Å². The van der Waals surface area contributed by atoms with Crippen LogP contribution in [-0.4, -0.2) is 12.1 Å². The second-order valence-electron chi connectivity index (χ2n) is 3.77. The number of carbonyl (C=O) groups is 1. The van der Waals surface area contributed by atoms with Gasteiger partial charge in [0.1, 0.15) is 0 Å². The van der Waals surface area contributed by atoms with Gasteiger partial charge in [0, 0.05) is 18.2 Å². The first-order valence-electron chi connectivity index (χ1n) is 5.19. The number of nitrogens with one attached hydrogen (secondary N) is 2. The number of aryl methyl sites for hydroxylation is 1. The molecule has 3 heteroatoms. The maximum absolute atomic E-state index is 11.5. The number of carbonyl (C=O) groups excluding carboxylic acids is 1. The molecule has 1 atom stereocenters. The number of amides is 2. The fourth-order valence-electron chi connectivity index (χ4n) is 1.26. The minimum atomic E-state index is -0.230. The molecule has 0 aliphatic rings. The average molecular weight is 216 g/mol. The van der Waals surface area contributed by atoms with Gasteiger partial charge in [-0.1, -0.05) is 17.7 Å². The van der Waals surface area contributed by atoms with Crippen LogP contribution >= 0.6 is 0 Å². The number of benzene rings is 1. The molecule has 1 aromatic carbocycles. The van der Waals surface area contributed by atoms with Crippen molar-refractivity contribution in [3.8, 4) is 12.3 Å². The monoisotopic (exact) mass is 216 g/mol. The Hall–Kier alpha value is -1.95. The summed E-state index contributed by atoms with van der Waals surface area (Å²) in [5.74, 6) is 2.50. The highest BCUT2D eigenvalue weighted by Crippen LogP contribution is 2.08. The van der Waals surface area contributed by atoms with Crippen molar-refractivity contribution in [1.29, 1.82) is 0 Å². The van der Waals surface area contributed by atoms with Gasteiger partial charge in [0.05, 0.1) is 0 Å². The maximum atomic E-state index is 11.5. The predicted molar refractivity (Wildman–Crippen MR) is 66.2 cm³/mol. The second kappa shape index (κ2) is 5.82. The SMILES string of the molecule is C#CCC(C)NC(=O)Nc1ccc(C)cc1. The summed E-state index contributed by atoms with van der Waals surface area (Å²) in [7, 11) is 0. The Morgan fingerprint density at radius 2 is 2.06 bits per heavy atom. The van der Waals surface area contributed by atoms with Gasteiger partial charge >= 0.3 is 6.03 Å². The van der Waals surface area contributed by atoms with E-state index in [1.54, 1.807) is 0 Å². The topological polar surface area (TPSA) is 41.1 Å².